The van der Waals surface area contributed by atoms with E-state index in [1.807, 2.05) is 0 Å². The molecule has 4 rings (SSSR count). The molecule has 0 aliphatic carbocycles. The first-order chi connectivity index (χ1) is 13.3. The van der Waals surface area contributed by atoms with Gasteiger partial charge in [-0.05, 0) is 25.3 Å². The average molecular weight is 374 g/mol. The predicted molar refractivity (Wildman–Crippen MR) is 108 cm³/mol. The largest absolute Gasteiger partial charge is 0.381 e. The van der Waals surface area contributed by atoms with E-state index in [0.717, 1.165) is 52.6 Å². The Morgan fingerprint density at radius 1 is 1.00 bits per heavy atom. The SMILES string of the molecule is C[C@H](c1ccccc1)N1CC[C@H](NC[C@H]([C@H]2CCOC2)N2CCOCC2)C1. The minimum atomic E-state index is 0.497. The molecule has 27 heavy (non-hydrogen) atoms. The molecule has 5 heteroatoms. The van der Waals surface area contributed by atoms with Gasteiger partial charge in [-0.3, -0.25) is 9.80 Å². The molecule has 0 aromatic heterocycles. The van der Waals surface area contributed by atoms with Crippen molar-refractivity contribution in [1.29, 1.82) is 0 Å². The van der Waals surface area contributed by atoms with Gasteiger partial charge in [0, 0.05) is 63.4 Å². The van der Waals surface area contributed by atoms with Crippen LogP contribution in [0.3, 0.4) is 0 Å². The number of benzene rings is 1. The van der Waals surface area contributed by atoms with Crippen molar-refractivity contribution in [2.24, 2.45) is 5.92 Å². The van der Waals surface area contributed by atoms with Crippen LogP contribution in [-0.2, 0) is 9.47 Å². The molecule has 0 saturated carbocycles. The van der Waals surface area contributed by atoms with E-state index in [-0.39, 0.29) is 0 Å². The van der Waals surface area contributed by atoms with Gasteiger partial charge in [0.05, 0.1) is 19.8 Å². The van der Waals surface area contributed by atoms with Crippen LogP contribution in [0.4, 0.5) is 0 Å². The van der Waals surface area contributed by atoms with E-state index in [4.69, 9.17) is 9.47 Å². The highest BCUT2D eigenvalue weighted by Crippen LogP contribution is 2.26. The monoisotopic (exact) mass is 373 g/mol. The molecule has 4 atom stereocenters. The first kappa shape index (κ1) is 19.3. The fourth-order valence-electron chi connectivity index (χ4n) is 4.89. The van der Waals surface area contributed by atoms with Crippen LogP contribution in [0.1, 0.15) is 31.4 Å². The van der Waals surface area contributed by atoms with E-state index in [0.29, 0.717) is 24.0 Å². The molecule has 0 radical (unpaired) electrons. The second-order valence-electron chi connectivity index (χ2n) is 8.31. The second-order valence-corrected chi connectivity index (χ2v) is 8.31. The molecule has 0 amide bonds. The summed E-state index contributed by atoms with van der Waals surface area (Å²) in [6.45, 7) is 11.5. The Bertz CT molecular complexity index is 558. The van der Waals surface area contributed by atoms with Crippen molar-refractivity contribution in [3.05, 3.63) is 35.9 Å². The molecule has 3 heterocycles. The van der Waals surface area contributed by atoms with Gasteiger partial charge in [0.2, 0.25) is 0 Å². The normalized spacial score (nSPS) is 29.8. The van der Waals surface area contributed by atoms with Gasteiger partial charge in [-0.15, -0.1) is 0 Å². The Labute approximate surface area is 164 Å². The van der Waals surface area contributed by atoms with Crippen LogP contribution in [0, 0.1) is 5.92 Å². The van der Waals surface area contributed by atoms with Crippen LogP contribution >= 0.6 is 0 Å². The van der Waals surface area contributed by atoms with Gasteiger partial charge in [0.25, 0.3) is 0 Å². The summed E-state index contributed by atoms with van der Waals surface area (Å²) in [4.78, 5) is 5.25. The fourth-order valence-corrected chi connectivity index (χ4v) is 4.89. The number of likely N-dealkylation sites (tertiary alicyclic amines) is 1. The summed E-state index contributed by atoms with van der Waals surface area (Å²) in [5.74, 6) is 0.663. The summed E-state index contributed by atoms with van der Waals surface area (Å²) in [6, 6.07) is 12.6. The van der Waals surface area contributed by atoms with E-state index in [1.54, 1.807) is 0 Å². The van der Waals surface area contributed by atoms with Crippen LogP contribution < -0.4 is 5.32 Å². The Morgan fingerprint density at radius 3 is 2.56 bits per heavy atom. The van der Waals surface area contributed by atoms with E-state index in [9.17, 15) is 0 Å². The maximum atomic E-state index is 5.70. The first-order valence-electron chi connectivity index (χ1n) is 10.7. The number of hydrogen-bond donors (Lipinski definition) is 1. The van der Waals surface area contributed by atoms with Gasteiger partial charge >= 0.3 is 0 Å². The third-order valence-electron chi connectivity index (χ3n) is 6.69. The Balaban J connectivity index is 1.30. The number of morpholine rings is 1. The molecule has 1 aromatic carbocycles. The van der Waals surface area contributed by atoms with Crippen molar-refractivity contribution >= 4 is 0 Å². The molecular weight excluding hydrogens is 338 g/mol. The fraction of sp³-hybridized carbons (Fsp3) is 0.727. The highest BCUT2D eigenvalue weighted by Gasteiger charge is 2.33. The van der Waals surface area contributed by atoms with Crippen molar-refractivity contribution in [3.8, 4) is 0 Å². The van der Waals surface area contributed by atoms with Crippen molar-refractivity contribution in [1.82, 2.24) is 15.1 Å². The van der Waals surface area contributed by atoms with Crippen molar-refractivity contribution in [3.63, 3.8) is 0 Å². The van der Waals surface area contributed by atoms with E-state index in [2.05, 4.69) is 52.4 Å². The second kappa shape index (κ2) is 9.48. The molecule has 150 valence electrons. The molecule has 5 nitrogen and oxygen atoms in total. The molecule has 3 fully saturated rings. The molecule has 0 bridgehead atoms. The molecule has 3 saturated heterocycles. The van der Waals surface area contributed by atoms with Crippen molar-refractivity contribution in [2.75, 3.05) is 59.2 Å². The molecule has 0 unspecified atom stereocenters. The highest BCUT2D eigenvalue weighted by atomic mass is 16.5. The number of nitrogens with one attached hydrogen (secondary N) is 1. The zero-order valence-corrected chi connectivity index (χ0v) is 16.7. The van der Waals surface area contributed by atoms with E-state index in [1.165, 1.54) is 24.9 Å². The molecule has 3 aliphatic heterocycles. The van der Waals surface area contributed by atoms with E-state index >= 15 is 0 Å². The Morgan fingerprint density at radius 2 is 1.81 bits per heavy atom. The third-order valence-corrected chi connectivity index (χ3v) is 6.69. The summed E-state index contributed by atoms with van der Waals surface area (Å²) in [5, 5.41) is 3.91. The lowest BCUT2D eigenvalue weighted by Gasteiger charge is -2.38. The van der Waals surface area contributed by atoms with Crippen molar-refractivity contribution in [2.45, 2.75) is 37.9 Å². The number of hydrogen-bond acceptors (Lipinski definition) is 5. The van der Waals surface area contributed by atoms with E-state index < -0.39 is 0 Å². The molecule has 1 N–H and O–H groups in total. The first-order valence-corrected chi connectivity index (χ1v) is 10.7. The minimum Gasteiger partial charge on any atom is -0.381 e. The summed E-state index contributed by atoms with van der Waals surface area (Å²) < 4.78 is 11.3. The van der Waals surface area contributed by atoms with Gasteiger partial charge in [-0.1, -0.05) is 30.3 Å². The predicted octanol–water partition coefficient (Wildman–Crippen LogP) is 2.15. The molecule has 0 spiro atoms. The molecule has 3 aliphatic rings. The maximum Gasteiger partial charge on any atom is 0.0594 e. The number of nitrogens with zero attached hydrogens (tertiary/aromatic N) is 2. The van der Waals surface area contributed by atoms with Gasteiger partial charge in [0.15, 0.2) is 0 Å². The lowest BCUT2D eigenvalue weighted by atomic mass is 9.96. The lowest BCUT2D eigenvalue weighted by molar-refractivity contribution is 0.000855. The number of ether oxygens (including phenoxy) is 2. The Hall–Kier alpha value is -0.980. The van der Waals surface area contributed by atoms with Crippen LogP contribution in [-0.4, -0.2) is 81.0 Å². The van der Waals surface area contributed by atoms with Crippen LogP contribution in [0.25, 0.3) is 0 Å². The maximum absolute atomic E-state index is 5.70. The smallest absolute Gasteiger partial charge is 0.0594 e. The zero-order valence-electron chi connectivity index (χ0n) is 16.7. The lowest BCUT2D eigenvalue weighted by Crippen LogP contribution is -2.53. The van der Waals surface area contributed by atoms with Crippen LogP contribution in [0.5, 0.6) is 0 Å². The van der Waals surface area contributed by atoms with Crippen molar-refractivity contribution < 1.29 is 9.47 Å². The zero-order chi connectivity index (χ0) is 18.5. The quantitative estimate of drug-likeness (QED) is 0.793. The average Bonchev–Trinajstić information content (AvgIpc) is 3.42. The summed E-state index contributed by atoms with van der Waals surface area (Å²) in [7, 11) is 0. The summed E-state index contributed by atoms with van der Waals surface area (Å²) in [5.41, 5.74) is 1.42. The standard InChI is InChI=1S/C22H35N3O2/c1-18(19-5-3-2-4-6-19)25-9-7-21(16-25)23-15-22(20-8-12-27-17-20)24-10-13-26-14-11-24/h2-6,18,20-23H,7-17H2,1H3/t18-,20+,21+,22-/m1/s1. The van der Waals surface area contributed by atoms with Gasteiger partial charge in [-0.25, -0.2) is 0 Å². The van der Waals surface area contributed by atoms with Gasteiger partial charge in [-0.2, -0.15) is 0 Å². The highest BCUT2D eigenvalue weighted by molar-refractivity contribution is 5.18. The van der Waals surface area contributed by atoms with Gasteiger partial charge < -0.3 is 14.8 Å². The van der Waals surface area contributed by atoms with Crippen LogP contribution in [0.15, 0.2) is 30.3 Å². The van der Waals surface area contributed by atoms with Gasteiger partial charge in [0.1, 0.15) is 0 Å². The summed E-state index contributed by atoms with van der Waals surface area (Å²) in [6.07, 6.45) is 2.44. The topological polar surface area (TPSA) is 37.0 Å². The minimum absolute atomic E-state index is 0.497. The molecule has 1 aromatic rings. The van der Waals surface area contributed by atoms with Crippen LogP contribution in [0.2, 0.25) is 0 Å². The summed E-state index contributed by atoms with van der Waals surface area (Å²) >= 11 is 0. The third kappa shape index (κ3) is 4.90. The number of rotatable bonds is 7. The molecular formula is C22H35N3O2. The Kier molecular flexibility index (Phi) is 6.79.